The number of para-hydroxylation sites is 1. The van der Waals surface area contributed by atoms with E-state index in [9.17, 15) is 9.59 Å². The number of aromatic nitrogens is 1. The highest BCUT2D eigenvalue weighted by atomic mass is 16.5. The van der Waals surface area contributed by atoms with E-state index >= 15 is 0 Å². The van der Waals surface area contributed by atoms with Crippen molar-refractivity contribution in [3.63, 3.8) is 0 Å². The van der Waals surface area contributed by atoms with Crippen LogP contribution in [0.5, 0.6) is 5.75 Å². The molecule has 1 aromatic carbocycles. The van der Waals surface area contributed by atoms with Gasteiger partial charge >= 0.3 is 5.97 Å². The van der Waals surface area contributed by atoms with Crippen molar-refractivity contribution in [3.8, 4) is 5.75 Å². The van der Waals surface area contributed by atoms with Gasteiger partial charge in [-0.2, -0.15) is 0 Å². The molecular weight excluding hydrogens is 218 g/mol. The standard InChI is InChI=1S/C13H9NO3/c15-9-11-4-1-2-6-12(11)17-13(16)10-5-3-7-14-8-10/h1-9H. The van der Waals surface area contributed by atoms with Crippen LogP contribution in [0.3, 0.4) is 0 Å². The molecule has 0 saturated heterocycles. The highest BCUT2D eigenvalue weighted by Crippen LogP contribution is 2.17. The van der Waals surface area contributed by atoms with Crippen molar-refractivity contribution in [2.75, 3.05) is 0 Å². The minimum absolute atomic E-state index is 0.247. The monoisotopic (exact) mass is 227 g/mol. The lowest BCUT2D eigenvalue weighted by Crippen LogP contribution is -2.09. The van der Waals surface area contributed by atoms with Gasteiger partial charge < -0.3 is 4.74 Å². The van der Waals surface area contributed by atoms with Gasteiger partial charge in [0.2, 0.25) is 0 Å². The van der Waals surface area contributed by atoms with Crippen LogP contribution in [0.4, 0.5) is 0 Å². The average molecular weight is 227 g/mol. The Morgan fingerprint density at radius 3 is 2.71 bits per heavy atom. The van der Waals surface area contributed by atoms with E-state index in [1.54, 1.807) is 42.6 Å². The number of esters is 1. The maximum atomic E-state index is 11.7. The third-order valence-corrected chi connectivity index (χ3v) is 2.15. The van der Waals surface area contributed by atoms with Crippen LogP contribution < -0.4 is 4.74 Å². The average Bonchev–Trinajstić information content (AvgIpc) is 2.40. The molecule has 2 rings (SSSR count). The molecule has 0 N–H and O–H groups in total. The molecule has 84 valence electrons. The molecular formula is C13H9NO3. The Balaban J connectivity index is 2.22. The lowest BCUT2D eigenvalue weighted by atomic mass is 10.2. The first-order chi connectivity index (χ1) is 8.31. The Morgan fingerprint density at radius 2 is 2.00 bits per heavy atom. The second kappa shape index (κ2) is 5.03. The third-order valence-electron chi connectivity index (χ3n) is 2.15. The van der Waals surface area contributed by atoms with E-state index in [-0.39, 0.29) is 5.75 Å². The topological polar surface area (TPSA) is 56.3 Å². The van der Waals surface area contributed by atoms with Crippen molar-refractivity contribution in [1.29, 1.82) is 0 Å². The number of pyridine rings is 1. The van der Waals surface area contributed by atoms with Crippen LogP contribution in [-0.4, -0.2) is 17.2 Å². The predicted molar refractivity (Wildman–Crippen MR) is 61.0 cm³/mol. The van der Waals surface area contributed by atoms with Crippen LogP contribution in [0.15, 0.2) is 48.8 Å². The molecule has 4 nitrogen and oxygen atoms in total. The SMILES string of the molecule is O=Cc1ccccc1OC(=O)c1cccnc1. The molecule has 0 spiro atoms. The zero-order chi connectivity index (χ0) is 12.1. The molecule has 0 fully saturated rings. The van der Waals surface area contributed by atoms with E-state index in [1.165, 1.54) is 6.20 Å². The minimum Gasteiger partial charge on any atom is -0.422 e. The van der Waals surface area contributed by atoms with Crippen LogP contribution in [-0.2, 0) is 0 Å². The lowest BCUT2D eigenvalue weighted by molar-refractivity contribution is 0.0733. The van der Waals surface area contributed by atoms with Crippen molar-refractivity contribution in [3.05, 3.63) is 59.9 Å². The summed E-state index contributed by atoms with van der Waals surface area (Å²) in [7, 11) is 0. The Bertz CT molecular complexity index is 537. The highest BCUT2D eigenvalue weighted by molar-refractivity contribution is 5.92. The Hall–Kier alpha value is -2.49. The summed E-state index contributed by atoms with van der Waals surface area (Å²) in [6.45, 7) is 0. The van der Waals surface area contributed by atoms with E-state index < -0.39 is 5.97 Å². The molecule has 17 heavy (non-hydrogen) atoms. The van der Waals surface area contributed by atoms with Gasteiger partial charge in [0.1, 0.15) is 5.75 Å². The van der Waals surface area contributed by atoms with E-state index in [4.69, 9.17) is 4.74 Å². The van der Waals surface area contributed by atoms with Crippen molar-refractivity contribution >= 4 is 12.3 Å². The molecule has 1 aromatic heterocycles. The maximum Gasteiger partial charge on any atom is 0.345 e. The van der Waals surface area contributed by atoms with Gasteiger partial charge in [0, 0.05) is 12.4 Å². The summed E-state index contributed by atoms with van der Waals surface area (Å²) in [5.74, 6) is -0.288. The van der Waals surface area contributed by atoms with Gasteiger partial charge in [-0.25, -0.2) is 4.79 Å². The molecule has 0 aliphatic heterocycles. The quantitative estimate of drug-likeness (QED) is 0.458. The van der Waals surface area contributed by atoms with Crippen molar-refractivity contribution in [2.24, 2.45) is 0 Å². The lowest BCUT2D eigenvalue weighted by Gasteiger charge is -2.05. The molecule has 0 saturated carbocycles. The fourth-order valence-corrected chi connectivity index (χ4v) is 1.31. The number of hydrogen-bond acceptors (Lipinski definition) is 4. The van der Waals surface area contributed by atoms with Crippen LogP contribution in [0, 0.1) is 0 Å². The van der Waals surface area contributed by atoms with Crippen LogP contribution in [0.2, 0.25) is 0 Å². The van der Waals surface area contributed by atoms with Gasteiger partial charge in [-0.15, -0.1) is 0 Å². The number of aldehydes is 1. The van der Waals surface area contributed by atoms with Crippen molar-refractivity contribution in [1.82, 2.24) is 4.98 Å². The molecule has 0 amide bonds. The number of nitrogens with zero attached hydrogens (tertiary/aromatic N) is 1. The predicted octanol–water partition coefficient (Wildman–Crippen LogP) is 2.11. The normalized spacial score (nSPS) is 9.65. The first-order valence-electron chi connectivity index (χ1n) is 4.97. The summed E-state index contributed by atoms with van der Waals surface area (Å²) in [5, 5.41) is 0. The number of hydrogen-bond donors (Lipinski definition) is 0. The molecule has 0 aliphatic carbocycles. The van der Waals surface area contributed by atoms with E-state index in [0.29, 0.717) is 17.4 Å². The molecule has 0 aliphatic rings. The fourth-order valence-electron chi connectivity index (χ4n) is 1.31. The molecule has 0 unspecified atom stereocenters. The minimum atomic E-state index is -0.535. The Labute approximate surface area is 97.9 Å². The van der Waals surface area contributed by atoms with E-state index in [1.807, 2.05) is 0 Å². The largest absolute Gasteiger partial charge is 0.422 e. The first-order valence-corrected chi connectivity index (χ1v) is 4.97. The fraction of sp³-hybridized carbons (Fsp3) is 0. The van der Waals surface area contributed by atoms with Crippen LogP contribution >= 0.6 is 0 Å². The van der Waals surface area contributed by atoms with Gasteiger partial charge in [-0.3, -0.25) is 9.78 Å². The van der Waals surface area contributed by atoms with Gasteiger partial charge in [-0.1, -0.05) is 12.1 Å². The molecule has 0 atom stereocenters. The number of carbonyl (C=O) groups excluding carboxylic acids is 2. The zero-order valence-corrected chi connectivity index (χ0v) is 8.87. The van der Waals surface area contributed by atoms with E-state index in [2.05, 4.69) is 4.98 Å². The van der Waals surface area contributed by atoms with Crippen molar-refractivity contribution in [2.45, 2.75) is 0 Å². The molecule has 2 aromatic rings. The van der Waals surface area contributed by atoms with Gasteiger partial charge in [0.25, 0.3) is 0 Å². The summed E-state index contributed by atoms with van der Waals surface area (Å²) in [6, 6.07) is 9.78. The van der Waals surface area contributed by atoms with Gasteiger partial charge in [-0.05, 0) is 24.3 Å². The maximum absolute atomic E-state index is 11.7. The second-order valence-corrected chi connectivity index (χ2v) is 3.29. The summed E-state index contributed by atoms with van der Waals surface area (Å²) < 4.78 is 5.11. The smallest absolute Gasteiger partial charge is 0.345 e. The first kappa shape index (κ1) is 11.0. The Kier molecular flexibility index (Phi) is 3.25. The van der Waals surface area contributed by atoms with Crippen molar-refractivity contribution < 1.29 is 14.3 Å². The molecule has 4 heteroatoms. The molecule has 0 radical (unpaired) electrons. The molecule has 0 bridgehead atoms. The number of carbonyl (C=O) groups is 2. The number of rotatable bonds is 3. The zero-order valence-electron chi connectivity index (χ0n) is 8.87. The van der Waals surface area contributed by atoms with Crippen LogP contribution in [0.25, 0.3) is 0 Å². The van der Waals surface area contributed by atoms with Crippen LogP contribution in [0.1, 0.15) is 20.7 Å². The van der Waals surface area contributed by atoms with Gasteiger partial charge in [0.15, 0.2) is 6.29 Å². The Morgan fingerprint density at radius 1 is 1.18 bits per heavy atom. The molecule has 1 heterocycles. The number of benzene rings is 1. The summed E-state index contributed by atoms with van der Waals surface area (Å²) >= 11 is 0. The summed E-state index contributed by atoms with van der Waals surface area (Å²) in [4.78, 5) is 26.3. The number of ether oxygens (including phenoxy) is 1. The third kappa shape index (κ3) is 2.55. The summed E-state index contributed by atoms with van der Waals surface area (Å²) in [6.07, 6.45) is 3.62. The van der Waals surface area contributed by atoms with E-state index in [0.717, 1.165) is 0 Å². The second-order valence-electron chi connectivity index (χ2n) is 3.29. The summed E-state index contributed by atoms with van der Waals surface area (Å²) in [5.41, 5.74) is 0.679. The van der Waals surface area contributed by atoms with Gasteiger partial charge in [0.05, 0.1) is 11.1 Å². The highest BCUT2D eigenvalue weighted by Gasteiger charge is 2.10.